The molecule has 9 heteroatoms. The van der Waals surface area contributed by atoms with Gasteiger partial charge in [0, 0.05) is 29.2 Å². The minimum atomic E-state index is -4.54. The number of hydrogen-bond donors (Lipinski definition) is 1. The SMILES string of the molecule is Cc1ccc(NC(=O)c2cccc(C(F)(F)F)c2)c(C)c1Oc1ncccc1-c1ccncn1. The lowest BCUT2D eigenvalue weighted by atomic mass is 10.1. The number of ether oxygens (including phenoxy) is 1. The molecule has 1 N–H and O–H groups in total. The van der Waals surface area contributed by atoms with Crippen LogP contribution in [-0.2, 0) is 6.18 Å². The van der Waals surface area contributed by atoms with Crippen molar-refractivity contribution in [1.29, 1.82) is 0 Å². The number of halogens is 3. The molecule has 0 aliphatic heterocycles. The number of rotatable bonds is 5. The van der Waals surface area contributed by atoms with Gasteiger partial charge >= 0.3 is 6.18 Å². The highest BCUT2D eigenvalue weighted by molar-refractivity contribution is 6.05. The lowest BCUT2D eigenvalue weighted by Gasteiger charge is -2.17. The van der Waals surface area contributed by atoms with Gasteiger partial charge in [-0.3, -0.25) is 4.79 Å². The standard InChI is InChI=1S/C25H19F3N4O2/c1-15-8-9-20(32-23(33)17-5-3-6-18(13-17)25(26,27)28)16(2)22(15)34-24-19(7-4-11-30-24)21-10-12-29-14-31-21/h3-14H,1-2H3,(H,32,33). The van der Waals surface area contributed by atoms with Crippen molar-refractivity contribution in [2.75, 3.05) is 5.32 Å². The second-order valence-corrected chi connectivity index (χ2v) is 7.47. The predicted octanol–water partition coefficient (Wildman–Crippen LogP) is 6.22. The molecule has 34 heavy (non-hydrogen) atoms. The fourth-order valence-electron chi connectivity index (χ4n) is 3.36. The van der Waals surface area contributed by atoms with Crippen LogP contribution in [0.5, 0.6) is 11.6 Å². The number of anilines is 1. The molecule has 0 spiro atoms. The van der Waals surface area contributed by atoms with Crippen LogP contribution in [-0.4, -0.2) is 20.9 Å². The Morgan fingerprint density at radius 1 is 0.971 bits per heavy atom. The van der Waals surface area contributed by atoms with E-state index < -0.39 is 17.6 Å². The van der Waals surface area contributed by atoms with E-state index in [9.17, 15) is 18.0 Å². The first-order chi connectivity index (χ1) is 16.2. The quantitative estimate of drug-likeness (QED) is 0.380. The Morgan fingerprint density at radius 2 is 1.79 bits per heavy atom. The summed E-state index contributed by atoms with van der Waals surface area (Å²) in [4.78, 5) is 25.2. The average molecular weight is 464 g/mol. The molecule has 0 atom stereocenters. The molecule has 4 aromatic rings. The molecule has 0 aliphatic carbocycles. The average Bonchev–Trinajstić information content (AvgIpc) is 2.84. The van der Waals surface area contributed by atoms with Gasteiger partial charge in [-0.25, -0.2) is 15.0 Å². The summed E-state index contributed by atoms with van der Waals surface area (Å²) in [5.41, 5.74) is 2.07. The molecule has 0 saturated carbocycles. The van der Waals surface area contributed by atoms with Crippen molar-refractivity contribution in [3.63, 3.8) is 0 Å². The Bertz CT molecular complexity index is 1340. The molecule has 2 aromatic carbocycles. The number of aryl methyl sites for hydroxylation is 1. The second kappa shape index (κ2) is 9.30. The number of carbonyl (C=O) groups is 1. The van der Waals surface area contributed by atoms with E-state index in [1.54, 1.807) is 43.6 Å². The fourth-order valence-corrected chi connectivity index (χ4v) is 3.36. The molecule has 0 aliphatic rings. The zero-order chi connectivity index (χ0) is 24.3. The summed E-state index contributed by atoms with van der Waals surface area (Å²) in [6.07, 6.45) is 0.0805. The van der Waals surface area contributed by atoms with E-state index in [2.05, 4.69) is 20.3 Å². The highest BCUT2D eigenvalue weighted by atomic mass is 19.4. The van der Waals surface area contributed by atoms with Crippen LogP contribution in [0.25, 0.3) is 11.3 Å². The number of pyridine rings is 1. The summed E-state index contributed by atoms with van der Waals surface area (Å²) >= 11 is 0. The first-order valence-electron chi connectivity index (χ1n) is 10.2. The number of hydrogen-bond acceptors (Lipinski definition) is 5. The summed E-state index contributed by atoms with van der Waals surface area (Å²) in [7, 11) is 0. The maximum absolute atomic E-state index is 13.0. The minimum absolute atomic E-state index is 0.104. The van der Waals surface area contributed by atoms with Crippen molar-refractivity contribution in [1.82, 2.24) is 15.0 Å². The maximum atomic E-state index is 13.0. The topological polar surface area (TPSA) is 77.0 Å². The molecule has 172 valence electrons. The first kappa shape index (κ1) is 22.9. The maximum Gasteiger partial charge on any atom is 0.416 e. The molecule has 6 nitrogen and oxygen atoms in total. The number of benzene rings is 2. The van der Waals surface area contributed by atoms with E-state index in [0.29, 0.717) is 34.1 Å². The minimum Gasteiger partial charge on any atom is -0.438 e. The van der Waals surface area contributed by atoms with Crippen LogP contribution in [0.2, 0.25) is 0 Å². The van der Waals surface area contributed by atoms with Crippen molar-refractivity contribution in [2.45, 2.75) is 20.0 Å². The summed E-state index contributed by atoms with van der Waals surface area (Å²) in [5.74, 6) is 0.119. The molecule has 2 aromatic heterocycles. The second-order valence-electron chi connectivity index (χ2n) is 7.47. The van der Waals surface area contributed by atoms with E-state index >= 15 is 0 Å². The third-order valence-electron chi connectivity index (χ3n) is 5.13. The highest BCUT2D eigenvalue weighted by Crippen LogP contribution is 2.36. The Hall–Kier alpha value is -4.27. The van der Waals surface area contributed by atoms with Crippen molar-refractivity contribution in [3.8, 4) is 22.9 Å². The monoisotopic (exact) mass is 464 g/mol. The van der Waals surface area contributed by atoms with Crippen molar-refractivity contribution >= 4 is 11.6 Å². The molecule has 4 rings (SSSR count). The molecular formula is C25H19F3N4O2. The Morgan fingerprint density at radius 3 is 2.53 bits per heavy atom. The van der Waals surface area contributed by atoms with Gasteiger partial charge in [0.25, 0.3) is 5.91 Å². The van der Waals surface area contributed by atoms with Crippen LogP contribution >= 0.6 is 0 Å². The lowest BCUT2D eigenvalue weighted by molar-refractivity contribution is -0.137. The van der Waals surface area contributed by atoms with E-state index in [1.165, 1.54) is 18.5 Å². The molecule has 0 radical (unpaired) electrons. The zero-order valence-electron chi connectivity index (χ0n) is 18.2. The van der Waals surface area contributed by atoms with Crippen LogP contribution in [0, 0.1) is 13.8 Å². The molecule has 0 saturated heterocycles. The summed E-state index contributed by atoms with van der Waals surface area (Å²) in [6, 6.07) is 13.0. The van der Waals surface area contributed by atoms with Gasteiger partial charge in [0.15, 0.2) is 0 Å². The van der Waals surface area contributed by atoms with Crippen molar-refractivity contribution in [2.24, 2.45) is 0 Å². The van der Waals surface area contributed by atoms with Crippen LogP contribution in [0.4, 0.5) is 18.9 Å². The van der Waals surface area contributed by atoms with Gasteiger partial charge in [0.1, 0.15) is 12.1 Å². The van der Waals surface area contributed by atoms with E-state index in [-0.39, 0.29) is 5.56 Å². The number of amides is 1. The number of nitrogens with one attached hydrogen (secondary N) is 1. The fraction of sp³-hybridized carbons (Fsp3) is 0.120. The third kappa shape index (κ3) is 4.88. The molecule has 0 bridgehead atoms. The van der Waals surface area contributed by atoms with Crippen LogP contribution < -0.4 is 10.1 Å². The van der Waals surface area contributed by atoms with E-state index in [4.69, 9.17) is 4.74 Å². The Labute approximate surface area is 193 Å². The van der Waals surface area contributed by atoms with Gasteiger partial charge in [-0.15, -0.1) is 0 Å². The van der Waals surface area contributed by atoms with Crippen molar-refractivity contribution in [3.05, 3.63) is 95.6 Å². The number of nitrogens with zero attached hydrogens (tertiary/aromatic N) is 3. The van der Waals surface area contributed by atoms with Crippen molar-refractivity contribution < 1.29 is 22.7 Å². The van der Waals surface area contributed by atoms with Gasteiger partial charge in [-0.2, -0.15) is 13.2 Å². The highest BCUT2D eigenvalue weighted by Gasteiger charge is 2.31. The smallest absolute Gasteiger partial charge is 0.416 e. The molecule has 2 heterocycles. The van der Waals surface area contributed by atoms with Gasteiger partial charge in [0.2, 0.25) is 5.88 Å². The Kier molecular flexibility index (Phi) is 6.27. The van der Waals surface area contributed by atoms with Gasteiger partial charge in [0.05, 0.1) is 16.8 Å². The van der Waals surface area contributed by atoms with E-state index in [0.717, 1.165) is 17.7 Å². The number of alkyl halides is 3. The number of carbonyl (C=O) groups excluding carboxylic acids is 1. The third-order valence-corrected chi connectivity index (χ3v) is 5.13. The largest absolute Gasteiger partial charge is 0.438 e. The molecule has 0 fully saturated rings. The summed E-state index contributed by atoms with van der Waals surface area (Å²) < 4.78 is 45.2. The van der Waals surface area contributed by atoms with Gasteiger partial charge < -0.3 is 10.1 Å². The Balaban J connectivity index is 1.64. The molecule has 1 amide bonds. The molecular weight excluding hydrogens is 445 g/mol. The predicted molar refractivity (Wildman–Crippen MR) is 121 cm³/mol. The first-order valence-corrected chi connectivity index (χ1v) is 10.2. The normalized spacial score (nSPS) is 11.2. The van der Waals surface area contributed by atoms with Crippen LogP contribution in [0.3, 0.4) is 0 Å². The van der Waals surface area contributed by atoms with E-state index in [1.807, 2.05) is 13.0 Å². The summed E-state index contributed by atoms with van der Waals surface area (Å²) in [5, 5.41) is 2.68. The summed E-state index contributed by atoms with van der Waals surface area (Å²) in [6.45, 7) is 3.59. The number of aromatic nitrogens is 3. The molecule has 0 unspecified atom stereocenters. The lowest BCUT2D eigenvalue weighted by Crippen LogP contribution is -2.15. The van der Waals surface area contributed by atoms with Crippen LogP contribution in [0.1, 0.15) is 27.0 Å². The van der Waals surface area contributed by atoms with Crippen LogP contribution in [0.15, 0.2) is 73.3 Å². The van der Waals surface area contributed by atoms with Gasteiger partial charge in [-0.05, 0) is 61.9 Å². The van der Waals surface area contributed by atoms with Gasteiger partial charge in [-0.1, -0.05) is 12.1 Å². The zero-order valence-corrected chi connectivity index (χ0v) is 18.2.